The van der Waals surface area contributed by atoms with E-state index in [2.05, 4.69) is 41.2 Å². The van der Waals surface area contributed by atoms with Crippen LogP contribution in [0.2, 0.25) is 0 Å². The van der Waals surface area contributed by atoms with Crippen molar-refractivity contribution in [2.75, 3.05) is 0 Å². The second-order valence-electron chi connectivity index (χ2n) is 9.30. The molecule has 0 atom stereocenters. The molecule has 2 N–H and O–H groups in total. The van der Waals surface area contributed by atoms with Gasteiger partial charge in [0.05, 0.1) is 12.1 Å². The highest BCUT2D eigenvalue weighted by atomic mass is 19.1. The Morgan fingerprint density at radius 3 is 2.24 bits per heavy atom. The molecule has 0 spiro atoms. The van der Waals surface area contributed by atoms with Crippen LogP contribution in [0.3, 0.4) is 0 Å². The van der Waals surface area contributed by atoms with Crippen molar-refractivity contribution in [3.05, 3.63) is 117 Å². The molecule has 13 heteroatoms. The summed E-state index contributed by atoms with van der Waals surface area (Å²) >= 11 is 0. The summed E-state index contributed by atoms with van der Waals surface area (Å²) in [6, 6.07) is 19.6. The van der Waals surface area contributed by atoms with Gasteiger partial charge in [0.2, 0.25) is 11.6 Å². The molecule has 3 aromatic heterocycles. The average Bonchev–Trinajstić information content (AvgIpc) is 3.71. The second kappa shape index (κ2) is 11.3. The van der Waals surface area contributed by atoms with Gasteiger partial charge in [0.15, 0.2) is 13.2 Å². The number of rotatable bonds is 10. The third-order valence-corrected chi connectivity index (χ3v) is 6.69. The zero-order chi connectivity index (χ0) is 28.2. The molecule has 0 bridgehead atoms. The molecule has 41 heavy (non-hydrogen) atoms. The van der Waals surface area contributed by atoms with Gasteiger partial charge in [-0.15, -0.1) is 20.4 Å². The number of aromatic nitrogens is 9. The Morgan fingerprint density at radius 1 is 0.878 bits per heavy atom. The topological polar surface area (TPSA) is 149 Å². The third-order valence-electron chi connectivity index (χ3n) is 6.69. The van der Waals surface area contributed by atoms with Crippen LogP contribution in [0.1, 0.15) is 33.9 Å². The predicted molar refractivity (Wildman–Crippen MR) is 145 cm³/mol. The first-order valence-electron chi connectivity index (χ1n) is 12.7. The zero-order valence-corrected chi connectivity index (χ0v) is 21.9. The van der Waals surface area contributed by atoms with E-state index in [9.17, 15) is 9.18 Å². The van der Waals surface area contributed by atoms with Crippen LogP contribution in [0, 0.1) is 12.7 Å². The first-order valence-corrected chi connectivity index (χ1v) is 12.7. The van der Waals surface area contributed by atoms with E-state index in [1.54, 1.807) is 34.9 Å². The lowest BCUT2D eigenvalue weighted by Gasteiger charge is -2.20. The molecule has 0 amide bonds. The molecule has 6 aromatic rings. The lowest BCUT2D eigenvalue weighted by molar-refractivity contribution is 0.282. The molecule has 0 aliphatic rings. The predicted octanol–water partition coefficient (Wildman–Crippen LogP) is 3.27. The van der Waals surface area contributed by atoms with Crippen LogP contribution in [0.15, 0.2) is 71.5 Å². The number of fused-ring (bicyclic) bond motifs is 1. The van der Waals surface area contributed by atoms with Crippen LogP contribution in [0.25, 0.3) is 10.9 Å². The molecule has 0 aliphatic heterocycles. The standard InChI is InChI=1S/C28H24FN9O3/c1-17-21(11-19-9-5-6-10-22(19)29)28(39)38(14-18-7-3-2-4-8-18)23-12-20(40-15-25-30-34-35-31-25)13-24(27(17)23)41-16-26-32-36-37-33-26/h2-10,12-13H,11,14-16H2,1H3,(H,30,31,34,35)(H,32,33,36,37). The van der Waals surface area contributed by atoms with Gasteiger partial charge in [-0.25, -0.2) is 4.39 Å². The van der Waals surface area contributed by atoms with E-state index < -0.39 is 0 Å². The molecular formula is C28H24FN9O3. The van der Waals surface area contributed by atoms with E-state index in [1.165, 1.54) is 6.07 Å². The Bertz CT molecular complexity index is 1840. The van der Waals surface area contributed by atoms with E-state index in [-0.39, 0.29) is 37.6 Å². The Labute approximate surface area is 232 Å². The maximum absolute atomic E-state index is 14.7. The van der Waals surface area contributed by atoms with Crippen LogP contribution in [-0.4, -0.2) is 45.8 Å². The molecular weight excluding hydrogens is 529 g/mol. The van der Waals surface area contributed by atoms with Crippen molar-refractivity contribution >= 4 is 10.9 Å². The fourth-order valence-electron chi connectivity index (χ4n) is 4.69. The van der Waals surface area contributed by atoms with Crippen LogP contribution in [0.4, 0.5) is 4.39 Å². The molecule has 0 saturated carbocycles. The van der Waals surface area contributed by atoms with Gasteiger partial charge in [0, 0.05) is 29.5 Å². The van der Waals surface area contributed by atoms with Crippen molar-refractivity contribution in [3.63, 3.8) is 0 Å². The highest BCUT2D eigenvalue weighted by Gasteiger charge is 2.21. The summed E-state index contributed by atoms with van der Waals surface area (Å²) in [6.07, 6.45) is 0.114. The number of nitrogens with zero attached hydrogens (tertiary/aromatic N) is 7. The van der Waals surface area contributed by atoms with E-state index in [1.807, 2.05) is 37.3 Å². The molecule has 6 rings (SSSR count). The van der Waals surface area contributed by atoms with Gasteiger partial charge in [-0.1, -0.05) is 59.0 Å². The summed E-state index contributed by atoms with van der Waals surface area (Å²) in [4.78, 5) is 14.1. The number of aryl methyl sites for hydroxylation is 1. The van der Waals surface area contributed by atoms with Gasteiger partial charge in [-0.3, -0.25) is 4.79 Å². The fourth-order valence-corrected chi connectivity index (χ4v) is 4.69. The Morgan fingerprint density at radius 2 is 1.56 bits per heavy atom. The van der Waals surface area contributed by atoms with Crippen molar-refractivity contribution < 1.29 is 13.9 Å². The van der Waals surface area contributed by atoms with Crippen molar-refractivity contribution in [1.82, 2.24) is 45.8 Å². The minimum atomic E-state index is -0.375. The number of tetrazole rings is 2. The van der Waals surface area contributed by atoms with Crippen molar-refractivity contribution in [3.8, 4) is 11.5 Å². The van der Waals surface area contributed by atoms with Gasteiger partial charge in [0.1, 0.15) is 17.3 Å². The quantitative estimate of drug-likeness (QED) is 0.261. The van der Waals surface area contributed by atoms with Crippen LogP contribution in [0.5, 0.6) is 11.5 Å². The summed E-state index contributed by atoms with van der Waals surface area (Å²) in [6.45, 7) is 2.17. The zero-order valence-electron chi connectivity index (χ0n) is 21.9. The molecule has 0 saturated heterocycles. The molecule has 0 aliphatic carbocycles. The van der Waals surface area contributed by atoms with Gasteiger partial charge in [-0.2, -0.15) is 10.4 Å². The lowest BCUT2D eigenvalue weighted by Crippen LogP contribution is -2.27. The molecule has 0 fully saturated rings. The number of pyridine rings is 1. The van der Waals surface area contributed by atoms with Crippen molar-refractivity contribution in [1.29, 1.82) is 0 Å². The van der Waals surface area contributed by atoms with E-state index in [4.69, 9.17) is 9.47 Å². The molecule has 0 radical (unpaired) electrons. The van der Waals surface area contributed by atoms with Gasteiger partial charge in [0.25, 0.3) is 5.56 Å². The highest BCUT2D eigenvalue weighted by Crippen LogP contribution is 2.35. The van der Waals surface area contributed by atoms with Crippen LogP contribution < -0.4 is 15.0 Å². The maximum atomic E-state index is 14.7. The smallest absolute Gasteiger partial charge is 0.255 e. The van der Waals surface area contributed by atoms with E-state index in [0.29, 0.717) is 50.7 Å². The SMILES string of the molecule is Cc1c(Cc2ccccc2F)c(=O)n(Cc2ccccc2)c2cc(OCc3nn[nH]n3)cc(OCc3nn[nH]n3)c12. The molecule has 12 nitrogen and oxygen atoms in total. The number of aromatic amines is 2. The fraction of sp³-hybridized carbons (Fsp3) is 0.179. The maximum Gasteiger partial charge on any atom is 0.255 e. The van der Waals surface area contributed by atoms with Gasteiger partial charge in [-0.05, 0) is 29.7 Å². The van der Waals surface area contributed by atoms with Crippen LogP contribution in [-0.2, 0) is 26.2 Å². The largest absolute Gasteiger partial charge is 0.485 e. The number of ether oxygens (including phenoxy) is 2. The first-order chi connectivity index (χ1) is 20.1. The number of halogens is 1. The summed E-state index contributed by atoms with van der Waals surface area (Å²) in [5.41, 5.74) is 2.83. The highest BCUT2D eigenvalue weighted by molar-refractivity contribution is 5.91. The number of hydrogen-bond acceptors (Lipinski definition) is 9. The van der Waals surface area contributed by atoms with Crippen molar-refractivity contribution in [2.45, 2.75) is 33.1 Å². The monoisotopic (exact) mass is 553 g/mol. The molecule has 0 unspecified atom stereocenters. The number of hydrogen-bond donors (Lipinski definition) is 2. The first kappa shape index (κ1) is 25.8. The van der Waals surface area contributed by atoms with Crippen molar-refractivity contribution in [2.24, 2.45) is 0 Å². The van der Waals surface area contributed by atoms with E-state index in [0.717, 1.165) is 5.56 Å². The Balaban J connectivity index is 1.54. The Hall–Kier alpha value is -5.46. The minimum absolute atomic E-state index is 0.0137. The Kier molecular flexibility index (Phi) is 7.13. The minimum Gasteiger partial charge on any atom is -0.485 e. The number of benzene rings is 3. The van der Waals surface area contributed by atoms with E-state index >= 15 is 0 Å². The number of nitrogens with one attached hydrogen (secondary N) is 2. The molecule has 3 heterocycles. The van der Waals surface area contributed by atoms with Gasteiger partial charge >= 0.3 is 0 Å². The molecule has 3 aromatic carbocycles. The summed E-state index contributed by atoms with van der Waals surface area (Å²) in [7, 11) is 0. The third kappa shape index (κ3) is 5.50. The molecule has 206 valence electrons. The van der Waals surface area contributed by atoms with Gasteiger partial charge < -0.3 is 14.0 Å². The lowest BCUT2D eigenvalue weighted by atomic mass is 9.97. The van der Waals surface area contributed by atoms with Crippen LogP contribution >= 0.6 is 0 Å². The normalized spacial score (nSPS) is 11.2. The average molecular weight is 554 g/mol. The summed E-state index contributed by atoms with van der Waals surface area (Å²) in [5.74, 6) is 1.19. The summed E-state index contributed by atoms with van der Waals surface area (Å²) in [5, 5.41) is 28.4. The number of H-pyrrole nitrogens is 2. The second-order valence-corrected chi connectivity index (χ2v) is 9.30. The summed E-state index contributed by atoms with van der Waals surface area (Å²) < 4.78 is 28.6.